The summed E-state index contributed by atoms with van der Waals surface area (Å²) in [7, 11) is -3.71. The molecule has 0 unspecified atom stereocenters. The van der Waals surface area contributed by atoms with Crippen molar-refractivity contribution in [2.24, 2.45) is 0 Å². The number of anilines is 1. The normalized spacial score (nSPS) is 11.3. The summed E-state index contributed by atoms with van der Waals surface area (Å²) in [5.41, 5.74) is 0.911. The van der Waals surface area contributed by atoms with Crippen molar-refractivity contribution in [3.8, 4) is 0 Å². The maximum atomic E-state index is 12.4. The summed E-state index contributed by atoms with van der Waals surface area (Å²) in [4.78, 5) is 0.941. The van der Waals surface area contributed by atoms with E-state index in [1.807, 2.05) is 18.4 Å². The van der Waals surface area contributed by atoms with Crippen molar-refractivity contribution in [1.82, 2.24) is 0 Å². The summed E-state index contributed by atoms with van der Waals surface area (Å²) in [6.45, 7) is -0.318. The highest BCUT2D eigenvalue weighted by molar-refractivity contribution is 7.99. The van der Waals surface area contributed by atoms with Gasteiger partial charge >= 0.3 is 0 Å². The van der Waals surface area contributed by atoms with Gasteiger partial charge in [-0.3, -0.25) is 4.72 Å². The van der Waals surface area contributed by atoms with Gasteiger partial charge < -0.3 is 5.11 Å². The van der Waals surface area contributed by atoms with Crippen LogP contribution >= 0.6 is 11.8 Å². The quantitative estimate of drug-likeness (QED) is 0.833. The van der Waals surface area contributed by atoms with Crippen LogP contribution in [0.2, 0.25) is 0 Å². The lowest BCUT2D eigenvalue weighted by Crippen LogP contribution is -2.15. The van der Waals surface area contributed by atoms with Gasteiger partial charge in [-0.2, -0.15) is 0 Å². The fourth-order valence-corrected chi connectivity index (χ4v) is 3.76. The van der Waals surface area contributed by atoms with Crippen LogP contribution in [-0.2, 0) is 16.6 Å². The fraction of sp³-hybridized carbons (Fsp3) is 0.143. The minimum absolute atomic E-state index is 0.0957. The van der Waals surface area contributed by atoms with Crippen LogP contribution in [0.3, 0.4) is 0 Å². The Kier molecular flexibility index (Phi) is 4.69. The molecule has 0 aromatic heterocycles. The number of aliphatic hydroxyl groups is 1. The molecule has 106 valence electrons. The van der Waals surface area contributed by atoms with Gasteiger partial charge in [0.2, 0.25) is 0 Å². The first-order valence-electron chi connectivity index (χ1n) is 5.93. The number of aliphatic hydroxyl groups excluding tert-OH is 1. The topological polar surface area (TPSA) is 66.4 Å². The van der Waals surface area contributed by atoms with Crippen LogP contribution in [0.1, 0.15) is 5.56 Å². The number of benzene rings is 2. The first kappa shape index (κ1) is 14.9. The Morgan fingerprint density at radius 2 is 1.75 bits per heavy atom. The molecule has 0 amide bonds. The second-order valence-electron chi connectivity index (χ2n) is 4.07. The molecule has 6 heteroatoms. The van der Waals surface area contributed by atoms with E-state index >= 15 is 0 Å². The summed E-state index contributed by atoms with van der Waals surface area (Å²) < 4.78 is 27.4. The lowest BCUT2D eigenvalue weighted by molar-refractivity contribution is 0.278. The molecule has 2 aromatic rings. The number of hydrogen-bond donors (Lipinski definition) is 2. The molecule has 0 fully saturated rings. The fourth-order valence-electron chi connectivity index (χ4n) is 1.83. The van der Waals surface area contributed by atoms with Crippen molar-refractivity contribution in [2.75, 3.05) is 11.0 Å². The van der Waals surface area contributed by atoms with Crippen LogP contribution < -0.4 is 4.72 Å². The van der Waals surface area contributed by atoms with Crippen molar-refractivity contribution >= 4 is 27.5 Å². The van der Waals surface area contributed by atoms with Crippen molar-refractivity contribution in [1.29, 1.82) is 0 Å². The first-order valence-corrected chi connectivity index (χ1v) is 8.64. The molecule has 0 radical (unpaired) electrons. The number of sulfonamides is 1. The molecule has 0 saturated heterocycles. The Hall–Kier alpha value is -1.50. The summed E-state index contributed by atoms with van der Waals surface area (Å²) in [6.07, 6.45) is 1.88. The molecule has 4 nitrogen and oxygen atoms in total. The molecule has 2 aromatic carbocycles. The molecule has 0 bridgehead atoms. The van der Waals surface area contributed by atoms with Crippen molar-refractivity contribution in [3.63, 3.8) is 0 Å². The van der Waals surface area contributed by atoms with E-state index in [9.17, 15) is 13.5 Å². The molecule has 0 aliphatic rings. The highest BCUT2D eigenvalue weighted by Crippen LogP contribution is 2.27. The summed E-state index contributed by atoms with van der Waals surface area (Å²) in [5, 5.41) is 9.25. The smallest absolute Gasteiger partial charge is 0.262 e. The zero-order chi connectivity index (χ0) is 14.6. The van der Waals surface area contributed by atoms with E-state index < -0.39 is 10.0 Å². The number of nitrogens with one attached hydrogen (secondary N) is 1. The van der Waals surface area contributed by atoms with Crippen molar-refractivity contribution in [3.05, 3.63) is 54.1 Å². The van der Waals surface area contributed by atoms with Crippen LogP contribution in [0.4, 0.5) is 5.69 Å². The van der Waals surface area contributed by atoms with E-state index in [0.717, 1.165) is 4.90 Å². The van der Waals surface area contributed by atoms with Crippen LogP contribution in [0, 0.1) is 0 Å². The molecule has 0 saturated carbocycles. The van der Waals surface area contributed by atoms with E-state index in [1.165, 1.54) is 17.8 Å². The molecule has 2 rings (SSSR count). The summed E-state index contributed by atoms with van der Waals surface area (Å²) in [6, 6.07) is 13.6. The van der Waals surface area contributed by atoms with Crippen LogP contribution in [0.15, 0.2) is 58.3 Å². The van der Waals surface area contributed by atoms with Gasteiger partial charge in [0.15, 0.2) is 0 Å². The average Bonchev–Trinajstić information content (AvgIpc) is 2.47. The van der Waals surface area contributed by atoms with Gasteiger partial charge in [0.1, 0.15) is 0 Å². The molecular weight excluding hydrogens is 294 g/mol. The molecule has 0 aliphatic heterocycles. The van der Waals surface area contributed by atoms with Gasteiger partial charge in [-0.25, -0.2) is 8.42 Å². The third-order valence-corrected chi connectivity index (χ3v) is 5.05. The highest BCUT2D eigenvalue weighted by Gasteiger charge is 2.18. The predicted molar refractivity (Wildman–Crippen MR) is 81.4 cm³/mol. The lowest BCUT2D eigenvalue weighted by atomic mass is 10.2. The molecule has 20 heavy (non-hydrogen) atoms. The first-order chi connectivity index (χ1) is 9.58. The van der Waals surface area contributed by atoms with E-state index in [-0.39, 0.29) is 11.5 Å². The zero-order valence-electron chi connectivity index (χ0n) is 10.9. The monoisotopic (exact) mass is 309 g/mol. The number of thioether (sulfide) groups is 1. The van der Waals surface area contributed by atoms with E-state index in [4.69, 9.17) is 0 Å². The van der Waals surface area contributed by atoms with Crippen LogP contribution in [0.5, 0.6) is 0 Å². The predicted octanol–water partition coefficient (Wildman–Crippen LogP) is 2.70. The SMILES string of the molecule is CSc1ccccc1NS(=O)(=O)c1ccccc1CO. The summed E-state index contributed by atoms with van der Waals surface area (Å²) in [5.74, 6) is 0. The number of rotatable bonds is 5. The Balaban J connectivity index is 2.41. The largest absolute Gasteiger partial charge is 0.392 e. The van der Waals surface area contributed by atoms with E-state index in [2.05, 4.69) is 4.72 Å². The average molecular weight is 309 g/mol. The molecular formula is C14H15NO3S2. The number of para-hydroxylation sites is 1. The Bertz CT molecular complexity index is 699. The van der Waals surface area contributed by atoms with E-state index in [0.29, 0.717) is 11.3 Å². The maximum Gasteiger partial charge on any atom is 0.262 e. The second-order valence-corrected chi connectivity index (χ2v) is 6.57. The van der Waals surface area contributed by atoms with Gasteiger partial charge in [-0.05, 0) is 30.0 Å². The molecule has 2 N–H and O–H groups in total. The van der Waals surface area contributed by atoms with Gasteiger partial charge in [-0.15, -0.1) is 11.8 Å². The van der Waals surface area contributed by atoms with Gasteiger partial charge in [0, 0.05) is 4.90 Å². The third kappa shape index (κ3) is 3.15. The minimum atomic E-state index is -3.71. The Morgan fingerprint density at radius 1 is 1.10 bits per heavy atom. The molecule has 0 atom stereocenters. The van der Waals surface area contributed by atoms with Gasteiger partial charge in [0.05, 0.1) is 17.2 Å². The minimum Gasteiger partial charge on any atom is -0.392 e. The van der Waals surface area contributed by atoms with E-state index in [1.54, 1.807) is 30.3 Å². The standard InChI is InChI=1S/C14H15NO3S2/c1-19-13-8-4-3-7-12(13)15-20(17,18)14-9-5-2-6-11(14)10-16/h2-9,15-16H,10H2,1H3. The maximum absolute atomic E-state index is 12.4. The number of hydrogen-bond acceptors (Lipinski definition) is 4. The highest BCUT2D eigenvalue weighted by atomic mass is 32.2. The van der Waals surface area contributed by atoms with Gasteiger partial charge in [0.25, 0.3) is 10.0 Å². The lowest BCUT2D eigenvalue weighted by Gasteiger charge is -2.13. The van der Waals surface area contributed by atoms with Gasteiger partial charge in [-0.1, -0.05) is 30.3 Å². The van der Waals surface area contributed by atoms with Crippen LogP contribution in [0.25, 0.3) is 0 Å². The summed E-state index contributed by atoms with van der Waals surface area (Å²) >= 11 is 1.46. The van der Waals surface area contributed by atoms with Crippen LogP contribution in [-0.4, -0.2) is 19.8 Å². The second kappa shape index (κ2) is 6.30. The molecule has 0 aliphatic carbocycles. The van der Waals surface area contributed by atoms with Crippen molar-refractivity contribution in [2.45, 2.75) is 16.4 Å². The van der Waals surface area contributed by atoms with Crippen molar-refractivity contribution < 1.29 is 13.5 Å². The Labute approximate surface area is 122 Å². The molecule has 0 spiro atoms. The Morgan fingerprint density at radius 3 is 2.45 bits per heavy atom. The molecule has 0 heterocycles. The third-order valence-electron chi connectivity index (χ3n) is 2.78. The zero-order valence-corrected chi connectivity index (χ0v) is 12.5.